The van der Waals surface area contributed by atoms with Crippen LogP contribution in [0.1, 0.15) is 51.1 Å². The fraction of sp³-hybridized carbons (Fsp3) is 0.667. The molecule has 1 saturated heterocycles. The number of hydrogen-bond donors (Lipinski definition) is 1. The normalized spacial score (nSPS) is 36.8. The lowest BCUT2D eigenvalue weighted by atomic mass is 9.87. The summed E-state index contributed by atoms with van der Waals surface area (Å²) >= 11 is 0. The van der Waals surface area contributed by atoms with Crippen molar-refractivity contribution in [1.82, 2.24) is 10.2 Å². The summed E-state index contributed by atoms with van der Waals surface area (Å²) in [4.78, 5) is 2.82. The first-order valence-corrected chi connectivity index (χ1v) is 8.18. The molecule has 2 saturated carbocycles. The molecule has 1 aromatic carbocycles. The van der Waals surface area contributed by atoms with Crippen LogP contribution in [0.25, 0.3) is 0 Å². The summed E-state index contributed by atoms with van der Waals surface area (Å²) in [5.41, 5.74) is 2.28. The lowest BCUT2D eigenvalue weighted by Crippen LogP contribution is -2.63. The smallest absolute Gasteiger partial charge is 0.0479 e. The van der Waals surface area contributed by atoms with Gasteiger partial charge in [-0.25, -0.2) is 0 Å². The predicted molar refractivity (Wildman–Crippen MR) is 82.7 cm³/mol. The SMILES string of the molecule is CC1(C2CC2)CN(C2(C)CC2)C(c2ccccc2)CN1. The van der Waals surface area contributed by atoms with Crippen molar-refractivity contribution in [2.75, 3.05) is 13.1 Å². The van der Waals surface area contributed by atoms with E-state index in [1.807, 2.05) is 0 Å². The van der Waals surface area contributed by atoms with Crippen LogP contribution in [0, 0.1) is 5.92 Å². The highest BCUT2D eigenvalue weighted by atomic mass is 15.3. The Morgan fingerprint density at radius 1 is 1.10 bits per heavy atom. The van der Waals surface area contributed by atoms with Gasteiger partial charge >= 0.3 is 0 Å². The summed E-state index contributed by atoms with van der Waals surface area (Å²) in [6, 6.07) is 11.6. The Labute approximate surface area is 122 Å². The maximum absolute atomic E-state index is 3.89. The molecule has 2 aliphatic carbocycles. The van der Waals surface area contributed by atoms with E-state index in [9.17, 15) is 0 Å². The lowest BCUT2D eigenvalue weighted by molar-refractivity contribution is 0.0330. The Bertz CT molecular complexity index is 489. The zero-order valence-electron chi connectivity index (χ0n) is 12.7. The fourth-order valence-electron chi connectivity index (χ4n) is 3.96. The van der Waals surface area contributed by atoms with Gasteiger partial charge in [-0.1, -0.05) is 30.3 Å². The highest BCUT2D eigenvalue weighted by Crippen LogP contribution is 2.50. The van der Waals surface area contributed by atoms with E-state index in [-0.39, 0.29) is 0 Å². The second-order valence-electron chi connectivity index (χ2n) is 7.62. The van der Waals surface area contributed by atoms with Gasteiger partial charge in [-0.3, -0.25) is 4.90 Å². The summed E-state index contributed by atoms with van der Waals surface area (Å²) in [6.45, 7) is 7.23. The minimum Gasteiger partial charge on any atom is -0.308 e. The first-order valence-electron chi connectivity index (χ1n) is 8.18. The molecule has 2 atom stereocenters. The Morgan fingerprint density at radius 2 is 1.80 bits per heavy atom. The first kappa shape index (κ1) is 12.8. The van der Waals surface area contributed by atoms with Crippen LogP contribution < -0.4 is 5.32 Å². The van der Waals surface area contributed by atoms with E-state index in [4.69, 9.17) is 0 Å². The van der Waals surface area contributed by atoms with Crippen molar-refractivity contribution >= 4 is 0 Å². The molecule has 1 heterocycles. The largest absolute Gasteiger partial charge is 0.308 e. The van der Waals surface area contributed by atoms with Crippen LogP contribution in [0.2, 0.25) is 0 Å². The van der Waals surface area contributed by atoms with Gasteiger partial charge in [0.15, 0.2) is 0 Å². The molecule has 4 rings (SSSR count). The van der Waals surface area contributed by atoms with E-state index in [1.165, 1.54) is 37.8 Å². The summed E-state index contributed by atoms with van der Waals surface area (Å²) < 4.78 is 0. The Morgan fingerprint density at radius 3 is 2.40 bits per heavy atom. The molecule has 2 unspecified atom stereocenters. The number of piperazine rings is 1. The number of benzene rings is 1. The highest BCUT2D eigenvalue weighted by molar-refractivity contribution is 5.24. The van der Waals surface area contributed by atoms with Crippen molar-refractivity contribution in [2.45, 2.75) is 56.7 Å². The molecular formula is C18H26N2. The minimum atomic E-state index is 0.344. The maximum atomic E-state index is 3.89. The minimum absolute atomic E-state index is 0.344. The zero-order valence-corrected chi connectivity index (χ0v) is 12.7. The molecule has 20 heavy (non-hydrogen) atoms. The summed E-state index contributed by atoms with van der Waals surface area (Å²) in [5.74, 6) is 0.907. The topological polar surface area (TPSA) is 15.3 Å². The molecule has 108 valence electrons. The van der Waals surface area contributed by atoms with Crippen LogP contribution in [0.5, 0.6) is 0 Å². The van der Waals surface area contributed by atoms with E-state index in [0.717, 1.165) is 12.5 Å². The second-order valence-corrected chi connectivity index (χ2v) is 7.62. The van der Waals surface area contributed by atoms with Gasteiger partial charge in [0, 0.05) is 30.2 Å². The van der Waals surface area contributed by atoms with Crippen LogP contribution in [0.4, 0.5) is 0 Å². The molecule has 3 aliphatic rings. The van der Waals surface area contributed by atoms with Crippen molar-refractivity contribution in [3.63, 3.8) is 0 Å². The standard InChI is InChI=1S/C18H26N2/c1-17(10-11-17)20-13-18(2,15-8-9-15)19-12-16(20)14-6-4-3-5-7-14/h3-7,15-16,19H,8-13H2,1-2H3. The van der Waals surface area contributed by atoms with Gasteiger partial charge in [0.2, 0.25) is 0 Å². The maximum Gasteiger partial charge on any atom is 0.0479 e. The third kappa shape index (κ3) is 2.10. The number of nitrogens with zero attached hydrogens (tertiary/aromatic N) is 1. The van der Waals surface area contributed by atoms with E-state index < -0.39 is 0 Å². The second kappa shape index (κ2) is 4.32. The van der Waals surface area contributed by atoms with Gasteiger partial charge in [-0.2, -0.15) is 0 Å². The van der Waals surface area contributed by atoms with Crippen molar-refractivity contribution < 1.29 is 0 Å². The molecule has 1 aromatic rings. The van der Waals surface area contributed by atoms with Crippen molar-refractivity contribution in [3.8, 4) is 0 Å². The Kier molecular flexibility index (Phi) is 2.77. The highest BCUT2D eigenvalue weighted by Gasteiger charge is 2.53. The van der Waals surface area contributed by atoms with E-state index in [0.29, 0.717) is 17.1 Å². The van der Waals surface area contributed by atoms with Gasteiger partial charge in [0.25, 0.3) is 0 Å². The molecule has 0 aromatic heterocycles. The summed E-state index contributed by atoms with van der Waals surface area (Å²) in [7, 11) is 0. The van der Waals surface area contributed by atoms with Crippen LogP contribution >= 0.6 is 0 Å². The van der Waals surface area contributed by atoms with Crippen LogP contribution in [-0.4, -0.2) is 29.1 Å². The molecular weight excluding hydrogens is 244 g/mol. The third-order valence-electron chi connectivity index (χ3n) is 5.90. The van der Waals surface area contributed by atoms with Gasteiger partial charge in [-0.15, -0.1) is 0 Å². The Balaban J connectivity index is 1.63. The summed E-state index contributed by atoms with van der Waals surface area (Å²) in [6.07, 6.45) is 5.59. The molecule has 0 bridgehead atoms. The fourth-order valence-corrected chi connectivity index (χ4v) is 3.96. The van der Waals surface area contributed by atoms with Crippen LogP contribution in [0.15, 0.2) is 30.3 Å². The molecule has 0 radical (unpaired) electrons. The average Bonchev–Trinajstić information content (AvgIpc) is 3.35. The molecule has 1 N–H and O–H groups in total. The van der Waals surface area contributed by atoms with Gasteiger partial charge in [0.1, 0.15) is 0 Å². The van der Waals surface area contributed by atoms with Gasteiger partial charge in [0.05, 0.1) is 0 Å². The van der Waals surface area contributed by atoms with Gasteiger partial charge < -0.3 is 5.32 Å². The number of rotatable bonds is 3. The van der Waals surface area contributed by atoms with Gasteiger partial charge in [-0.05, 0) is 51.0 Å². The lowest BCUT2D eigenvalue weighted by Gasteiger charge is -2.49. The average molecular weight is 270 g/mol. The number of hydrogen-bond acceptors (Lipinski definition) is 2. The van der Waals surface area contributed by atoms with E-state index >= 15 is 0 Å². The monoisotopic (exact) mass is 270 g/mol. The predicted octanol–water partition coefficient (Wildman–Crippen LogP) is 3.35. The molecule has 1 aliphatic heterocycles. The first-order chi connectivity index (χ1) is 9.61. The molecule has 0 spiro atoms. The van der Waals surface area contributed by atoms with Crippen molar-refractivity contribution in [3.05, 3.63) is 35.9 Å². The van der Waals surface area contributed by atoms with Crippen LogP contribution in [0.3, 0.4) is 0 Å². The molecule has 2 nitrogen and oxygen atoms in total. The Hall–Kier alpha value is -0.860. The van der Waals surface area contributed by atoms with Crippen LogP contribution in [-0.2, 0) is 0 Å². The van der Waals surface area contributed by atoms with E-state index in [1.54, 1.807) is 0 Å². The zero-order chi connectivity index (χ0) is 13.8. The quantitative estimate of drug-likeness (QED) is 0.906. The molecule has 0 amide bonds. The number of nitrogens with one attached hydrogen (secondary N) is 1. The van der Waals surface area contributed by atoms with Crippen molar-refractivity contribution in [2.24, 2.45) is 5.92 Å². The summed E-state index contributed by atoms with van der Waals surface area (Å²) in [5, 5.41) is 3.89. The third-order valence-corrected chi connectivity index (χ3v) is 5.90. The molecule has 3 fully saturated rings. The van der Waals surface area contributed by atoms with E-state index in [2.05, 4.69) is 54.4 Å². The molecule has 2 heteroatoms. The van der Waals surface area contributed by atoms with Crippen molar-refractivity contribution in [1.29, 1.82) is 0 Å².